The summed E-state index contributed by atoms with van der Waals surface area (Å²) in [6.45, 7) is 0. The zero-order valence-corrected chi connectivity index (χ0v) is 9.86. The third-order valence-corrected chi connectivity index (χ3v) is 3.02. The largest absolute Gasteiger partial charge is 0.500 e. The van der Waals surface area contributed by atoms with Crippen LogP contribution in [0.25, 0.3) is 11.0 Å². The van der Waals surface area contributed by atoms with Crippen molar-refractivity contribution in [2.45, 2.75) is 0 Å². The molecule has 2 aromatic heterocycles. The Hall–Kier alpha value is -1.47. The summed E-state index contributed by atoms with van der Waals surface area (Å²) in [6.07, 6.45) is 0.972. The smallest absolute Gasteiger partial charge is 0.331 e. The number of nitro groups is 1. The van der Waals surface area contributed by atoms with Gasteiger partial charge in [-0.3, -0.25) is 10.1 Å². The van der Waals surface area contributed by atoms with Gasteiger partial charge in [0.05, 0.1) is 14.9 Å². The van der Waals surface area contributed by atoms with E-state index in [1.807, 2.05) is 0 Å². The molecule has 0 aromatic carbocycles. The fourth-order valence-corrected chi connectivity index (χ4v) is 1.62. The first-order valence-corrected chi connectivity index (χ1v) is 5.16. The van der Waals surface area contributed by atoms with Gasteiger partial charge < -0.3 is 5.11 Å². The second-order valence-electron chi connectivity index (χ2n) is 2.88. The summed E-state index contributed by atoms with van der Waals surface area (Å²) < 4.78 is 0.502. The van der Waals surface area contributed by atoms with E-state index in [-0.39, 0.29) is 10.7 Å². The van der Waals surface area contributed by atoms with Crippen LogP contribution in [0.4, 0.5) is 5.69 Å². The molecule has 8 heteroatoms. The predicted octanol–water partition coefficient (Wildman–Crippen LogP) is 2.66. The molecule has 0 aliphatic heterocycles. The van der Waals surface area contributed by atoms with E-state index in [4.69, 9.17) is 11.6 Å². The first-order valence-electron chi connectivity index (χ1n) is 3.99. The van der Waals surface area contributed by atoms with Crippen LogP contribution < -0.4 is 0 Å². The number of aromatic hydroxyl groups is 1. The van der Waals surface area contributed by atoms with Crippen molar-refractivity contribution in [1.29, 1.82) is 0 Å². The van der Waals surface area contributed by atoms with Crippen molar-refractivity contribution in [3.8, 4) is 5.75 Å². The maximum Gasteiger partial charge on any atom is 0.331 e. The molecule has 0 spiro atoms. The van der Waals surface area contributed by atoms with Gasteiger partial charge in [-0.15, -0.1) is 0 Å². The Morgan fingerprint density at radius 3 is 2.88 bits per heavy atom. The van der Waals surface area contributed by atoms with Crippen LogP contribution in [0.5, 0.6) is 5.75 Å². The van der Waals surface area contributed by atoms with Crippen LogP contribution in [-0.2, 0) is 0 Å². The lowest BCUT2D eigenvalue weighted by Gasteiger charge is -2.02. The molecule has 2 aromatic rings. The summed E-state index contributed by atoms with van der Waals surface area (Å²) in [5.74, 6) is -0.538. The summed E-state index contributed by atoms with van der Waals surface area (Å²) >= 11 is 8.86. The van der Waals surface area contributed by atoms with Gasteiger partial charge in [0.2, 0.25) is 5.75 Å². The van der Waals surface area contributed by atoms with Gasteiger partial charge in [0.15, 0.2) is 0 Å². The Morgan fingerprint density at radius 2 is 2.25 bits per heavy atom. The van der Waals surface area contributed by atoms with E-state index >= 15 is 0 Å². The average molecular weight is 304 g/mol. The molecule has 6 nitrogen and oxygen atoms in total. The number of nitrogens with zero attached hydrogens (tertiary/aromatic N) is 3. The second-order valence-corrected chi connectivity index (χ2v) is 4.09. The van der Waals surface area contributed by atoms with Gasteiger partial charge in [-0.1, -0.05) is 11.6 Å². The highest BCUT2D eigenvalue weighted by molar-refractivity contribution is 9.10. The Morgan fingerprint density at radius 1 is 1.56 bits per heavy atom. The van der Waals surface area contributed by atoms with Crippen LogP contribution in [0.3, 0.4) is 0 Å². The Labute approximate surface area is 102 Å². The second kappa shape index (κ2) is 3.84. The molecule has 0 aliphatic rings. The normalized spacial score (nSPS) is 10.6. The summed E-state index contributed by atoms with van der Waals surface area (Å²) in [5.41, 5.74) is -0.180. The molecule has 0 unspecified atom stereocenters. The monoisotopic (exact) mass is 303 g/mol. The van der Waals surface area contributed by atoms with E-state index in [0.29, 0.717) is 9.99 Å². The Bertz CT molecular complexity index is 605. The molecule has 0 aliphatic carbocycles. The molecule has 82 valence electrons. The number of rotatable bonds is 1. The third-order valence-electron chi connectivity index (χ3n) is 1.90. The highest BCUT2D eigenvalue weighted by atomic mass is 79.9. The van der Waals surface area contributed by atoms with Gasteiger partial charge in [0.1, 0.15) is 16.9 Å². The van der Waals surface area contributed by atoms with Gasteiger partial charge in [0, 0.05) is 0 Å². The highest BCUT2D eigenvalue weighted by Gasteiger charge is 2.19. The highest BCUT2D eigenvalue weighted by Crippen LogP contribution is 2.34. The molecule has 0 bridgehead atoms. The molecule has 0 fully saturated rings. The first kappa shape index (κ1) is 11.0. The predicted molar refractivity (Wildman–Crippen MR) is 60.6 cm³/mol. The van der Waals surface area contributed by atoms with E-state index < -0.39 is 16.4 Å². The number of hydrogen-bond acceptors (Lipinski definition) is 5. The van der Waals surface area contributed by atoms with Crippen molar-refractivity contribution in [3.63, 3.8) is 0 Å². The summed E-state index contributed by atoms with van der Waals surface area (Å²) in [7, 11) is 0. The third kappa shape index (κ3) is 1.68. The van der Waals surface area contributed by atoms with Crippen LogP contribution in [0.2, 0.25) is 5.15 Å². The fourth-order valence-electron chi connectivity index (χ4n) is 1.18. The lowest BCUT2D eigenvalue weighted by Crippen LogP contribution is -1.93. The zero-order chi connectivity index (χ0) is 11.9. The van der Waals surface area contributed by atoms with Crippen LogP contribution in [0.15, 0.2) is 16.7 Å². The molecule has 1 N–H and O–H groups in total. The molecule has 0 amide bonds. The fraction of sp³-hybridized carbons (Fsp3) is 0. The molecule has 0 atom stereocenters. The maximum absolute atomic E-state index is 10.6. The van der Waals surface area contributed by atoms with Crippen molar-refractivity contribution in [2.75, 3.05) is 0 Å². The molecular weight excluding hydrogens is 301 g/mol. The minimum atomic E-state index is -0.737. The molecular formula is C8H3BrClN3O3. The van der Waals surface area contributed by atoms with Crippen LogP contribution in [-0.4, -0.2) is 20.0 Å². The summed E-state index contributed by atoms with van der Waals surface area (Å²) in [6, 6.07) is 1.52. The molecule has 0 saturated heterocycles. The summed E-state index contributed by atoms with van der Waals surface area (Å²) in [5, 5.41) is 20.3. The van der Waals surface area contributed by atoms with Crippen molar-refractivity contribution in [1.82, 2.24) is 9.97 Å². The van der Waals surface area contributed by atoms with E-state index in [1.165, 1.54) is 6.07 Å². The van der Waals surface area contributed by atoms with Gasteiger partial charge in [-0.2, -0.15) is 0 Å². The number of hydrogen-bond donors (Lipinski definition) is 1. The topological polar surface area (TPSA) is 89.2 Å². The molecule has 2 heterocycles. The lowest BCUT2D eigenvalue weighted by molar-refractivity contribution is -0.386. The van der Waals surface area contributed by atoms with E-state index in [2.05, 4.69) is 25.9 Å². The van der Waals surface area contributed by atoms with Crippen molar-refractivity contribution in [2.24, 2.45) is 0 Å². The number of aromatic nitrogens is 2. The van der Waals surface area contributed by atoms with E-state index in [9.17, 15) is 15.2 Å². The maximum atomic E-state index is 10.6. The minimum absolute atomic E-state index is 0.00222. The molecule has 2 rings (SSSR count). The summed E-state index contributed by atoms with van der Waals surface area (Å²) in [4.78, 5) is 17.4. The number of fused-ring (bicyclic) bond motifs is 1. The SMILES string of the molecule is O=[N+]([O-])c1cnc2cc(Br)c(Cl)nc2c1O. The quantitative estimate of drug-likeness (QED) is 0.497. The van der Waals surface area contributed by atoms with Gasteiger partial charge in [0.25, 0.3) is 0 Å². The number of pyridine rings is 2. The van der Waals surface area contributed by atoms with Gasteiger partial charge >= 0.3 is 5.69 Å². The van der Waals surface area contributed by atoms with Gasteiger partial charge in [-0.05, 0) is 22.0 Å². The van der Waals surface area contributed by atoms with Crippen LogP contribution in [0, 0.1) is 10.1 Å². The standard InChI is InChI=1S/C8H3BrClN3O3/c9-3-1-4-6(12-8(3)10)7(14)5(2-11-4)13(15)16/h1-2H,(H,11,14). The van der Waals surface area contributed by atoms with Crippen LogP contribution >= 0.6 is 27.5 Å². The zero-order valence-electron chi connectivity index (χ0n) is 7.52. The lowest BCUT2D eigenvalue weighted by atomic mass is 10.3. The van der Waals surface area contributed by atoms with Crippen molar-refractivity contribution in [3.05, 3.63) is 32.0 Å². The van der Waals surface area contributed by atoms with Crippen molar-refractivity contribution < 1.29 is 10.0 Å². The first-order chi connectivity index (χ1) is 7.50. The molecule has 0 radical (unpaired) electrons. The van der Waals surface area contributed by atoms with Gasteiger partial charge in [-0.25, -0.2) is 9.97 Å². The minimum Gasteiger partial charge on any atom is -0.500 e. The van der Waals surface area contributed by atoms with Crippen molar-refractivity contribution >= 4 is 44.3 Å². The molecule has 16 heavy (non-hydrogen) atoms. The van der Waals surface area contributed by atoms with Crippen LogP contribution in [0.1, 0.15) is 0 Å². The van der Waals surface area contributed by atoms with E-state index in [1.54, 1.807) is 0 Å². The Kier molecular flexibility index (Phi) is 2.64. The Balaban J connectivity index is 2.84. The molecule has 0 saturated carbocycles. The average Bonchev–Trinajstić information content (AvgIpc) is 2.21. The van der Waals surface area contributed by atoms with E-state index in [0.717, 1.165) is 6.20 Å². The number of halogens is 2.